The second-order valence-electron chi connectivity index (χ2n) is 5.72. The van der Waals surface area contributed by atoms with E-state index in [-0.39, 0.29) is 25.0 Å². The van der Waals surface area contributed by atoms with E-state index in [1.807, 2.05) is 6.92 Å². The molecule has 3 unspecified atom stereocenters. The molecule has 0 saturated heterocycles. The van der Waals surface area contributed by atoms with E-state index < -0.39 is 12.0 Å². The molecule has 3 atom stereocenters. The van der Waals surface area contributed by atoms with Gasteiger partial charge in [0.05, 0.1) is 38.4 Å². The van der Waals surface area contributed by atoms with Gasteiger partial charge in [-0.25, -0.2) is 0 Å². The lowest BCUT2D eigenvalue weighted by molar-refractivity contribution is -0.147. The van der Waals surface area contributed by atoms with Crippen LogP contribution in [0.1, 0.15) is 51.9 Å². The van der Waals surface area contributed by atoms with Gasteiger partial charge in [-0.3, -0.25) is 9.79 Å². The quantitative estimate of drug-likeness (QED) is 0.665. The third-order valence-corrected chi connectivity index (χ3v) is 3.97. The first-order valence-electron chi connectivity index (χ1n) is 8.16. The molecule has 1 rings (SSSR count). The van der Waals surface area contributed by atoms with Crippen LogP contribution in [-0.2, 0) is 14.3 Å². The molecule has 6 heteroatoms. The number of aliphatic imine (C=N–C) groups is 1. The van der Waals surface area contributed by atoms with E-state index in [2.05, 4.69) is 4.99 Å². The van der Waals surface area contributed by atoms with E-state index in [1.54, 1.807) is 0 Å². The predicted molar refractivity (Wildman–Crippen MR) is 83.8 cm³/mol. The molecule has 0 spiro atoms. The summed E-state index contributed by atoms with van der Waals surface area (Å²) in [5, 5.41) is 18.5. The molecule has 0 radical (unpaired) electrons. The molecule has 2 N–H and O–H groups in total. The van der Waals surface area contributed by atoms with E-state index in [0.717, 1.165) is 38.0 Å². The SMILES string of the molecule is CCOC1=NC(CCC(CC(O)CO)C(=O)OC)CCCC1. The Morgan fingerprint density at radius 3 is 2.86 bits per heavy atom. The summed E-state index contributed by atoms with van der Waals surface area (Å²) in [6, 6.07) is 0.155. The van der Waals surface area contributed by atoms with E-state index in [1.165, 1.54) is 7.11 Å². The average molecular weight is 315 g/mol. The fraction of sp³-hybridized carbons (Fsp3) is 0.875. The van der Waals surface area contributed by atoms with E-state index in [4.69, 9.17) is 14.6 Å². The molecule has 1 aliphatic heterocycles. The molecule has 0 aromatic heterocycles. The van der Waals surface area contributed by atoms with Crippen molar-refractivity contribution >= 4 is 11.9 Å². The Morgan fingerprint density at radius 1 is 1.45 bits per heavy atom. The molecule has 0 aromatic rings. The minimum Gasteiger partial charge on any atom is -0.481 e. The zero-order valence-electron chi connectivity index (χ0n) is 13.7. The number of hydrogen-bond donors (Lipinski definition) is 2. The van der Waals surface area contributed by atoms with Crippen LogP contribution in [0.25, 0.3) is 0 Å². The molecule has 0 aliphatic carbocycles. The van der Waals surface area contributed by atoms with Gasteiger partial charge in [-0.2, -0.15) is 0 Å². The molecule has 0 saturated carbocycles. The summed E-state index contributed by atoms with van der Waals surface area (Å²) in [6.45, 7) is 2.23. The van der Waals surface area contributed by atoms with Crippen LogP contribution in [0.4, 0.5) is 0 Å². The summed E-state index contributed by atoms with van der Waals surface area (Å²) in [5.74, 6) is 0.0753. The van der Waals surface area contributed by atoms with Crippen LogP contribution in [0.15, 0.2) is 4.99 Å². The van der Waals surface area contributed by atoms with Crippen molar-refractivity contribution in [3.05, 3.63) is 0 Å². The van der Waals surface area contributed by atoms with Crippen molar-refractivity contribution in [3.63, 3.8) is 0 Å². The Morgan fingerprint density at radius 2 is 2.23 bits per heavy atom. The molecule has 1 aliphatic rings. The highest BCUT2D eigenvalue weighted by Gasteiger charge is 2.24. The molecule has 6 nitrogen and oxygen atoms in total. The number of methoxy groups -OCH3 is 1. The summed E-state index contributed by atoms with van der Waals surface area (Å²) in [6.07, 6.45) is 4.75. The van der Waals surface area contributed by atoms with E-state index in [9.17, 15) is 9.90 Å². The number of aliphatic hydroxyl groups is 2. The molecular formula is C16H29NO5. The number of rotatable bonds is 8. The summed E-state index contributed by atoms with van der Waals surface area (Å²) in [7, 11) is 1.34. The van der Waals surface area contributed by atoms with Crippen molar-refractivity contribution in [1.82, 2.24) is 0 Å². The fourth-order valence-electron chi connectivity index (χ4n) is 2.77. The molecule has 0 aromatic carbocycles. The molecule has 0 bridgehead atoms. The monoisotopic (exact) mass is 315 g/mol. The highest BCUT2D eigenvalue weighted by molar-refractivity contribution is 5.76. The van der Waals surface area contributed by atoms with Gasteiger partial charge in [-0.1, -0.05) is 6.42 Å². The number of hydrogen-bond acceptors (Lipinski definition) is 6. The van der Waals surface area contributed by atoms with Gasteiger partial charge in [0.1, 0.15) is 0 Å². The van der Waals surface area contributed by atoms with Crippen LogP contribution in [0.3, 0.4) is 0 Å². The van der Waals surface area contributed by atoms with Gasteiger partial charge in [0.15, 0.2) is 5.90 Å². The number of nitrogens with zero attached hydrogens (tertiary/aromatic N) is 1. The molecule has 128 valence electrons. The Balaban J connectivity index is 2.57. The first-order valence-corrected chi connectivity index (χ1v) is 8.16. The normalized spacial score (nSPS) is 21.5. The van der Waals surface area contributed by atoms with Crippen molar-refractivity contribution in [1.29, 1.82) is 0 Å². The highest BCUT2D eigenvalue weighted by atomic mass is 16.5. The van der Waals surface area contributed by atoms with Crippen LogP contribution in [-0.4, -0.2) is 54.5 Å². The van der Waals surface area contributed by atoms with Gasteiger partial charge in [0.25, 0.3) is 0 Å². The predicted octanol–water partition coefficient (Wildman–Crippen LogP) is 1.68. The van der Waals surface area contributed by atoms with Gasteiger partial charge in [0.2, 0.25) is 0 Å². The van der Waals surface area contributed by atoms with E-state index in [0.29, 0.717) is 13.0 Å². The van der Waals surface area contributed by atoms with Gasteiger partial charge in [0, 0.05) is 6.42 Å². The topological polar surface area (TPSA) is 88.4 Å². The Hall–Kier alpha value is -1.14. The molecular weight excluding hydrogens is 286 g/mol. The number of ether oxygens (including phenoxy) is 2. The lowest BCUT2D eigenvalue weighted by Crippen LogP contribution is -2.25. The lowest BCUT2D eigenvalue weighted by Gasteiger charge is -2.19. The van der Waals surface area contributed by atoms with Gasteiger partial charge in [-0.05, 0) is 39.0 Å². The molecule has 0 amide bonds. The van der Waals surface area contributed by atoms with Crippen molar-refractivity contribution in [3.8, 4) is 0 Å². The molecule has 22 heavy (non-hydrogen) atoms. The second kappa shape index (κ2) is 10.6. The third-order valence-electron chi connectivity index (χ3n) is 3.97. The van der Waals surface area contributed by atoms with Crippen molar-refractivity contribution < 1.29 is 24.5 Å². The van der Waals surface area contributed by atoms with Crippen LogP contribution in [0, 0.1) is 5.92 Å². The number of carbonyl (C=O) groups excluding carboxylic acids is 1. The fourth-order valence-corrected chi connectivity index (χ4v) is 2.77. The van der Waals surface area contributed by atoms with Crippen LogP contribution in [0.5, 0.6) is 0 Å². The maximum absolute atomic E-state index is 11.8. The zero-order valence-corrected chi connectivity index (χ0v) is 13.7. The van der Waals surface area contributed by atoms with Crippen molar-refractivity contribution in [2.45, 2.75) is 64.0 Å². The maximum atomic E-state index is 11.8. The van der Waals surface area contributed by atoms with Gasteiger partial charge >= 0.3 is 5.97 Å². The molecule has 0 fully saturated rings. The number of carbonyl (C=O) groups is 1. The van der Waals surface area contributed by atoms with Gasteiger partial charge < -0.3 is 19.7 Å². The third kappa shape index (κ3) is 6.75. The first kappa shape index (κ1) is 18.9. The summed E-state index contributed by atoms with van der Waals surface area (Å²) < 4.78 is 10.3. The Labute approximate surface area is 132 Å². The average Bonchev–Trinajstić information content (AvgIpc) is 2.75. The largest absolute Gasteiger partial charge is 0.481 e. The van der Waals surface area contributed by atoms with Crippen LogP contribution < -0.4 is 0 Å². The summed E-state index contributed by atoms with van der Waals surface area (Å²) in [5.41, 5.74) is 0. The minimum absolute atomic E-state index is 0.155. The summed E-state index contributed by atoms with van der Waals surface area (Å²) >= 11 is 0. The highest BCUT2D eigenvalue weighted by Crippen LogP contribution is 2.23. The maximum Gasteiger partial charge on any atom is 0.308 e. The number of esters is 1. The van der Waals surface area contributed by atoms with E-state index >= 15 is 0 Å². The molecule has 1 heterocycles. The van der Waals surface area contributed by atoms with Crippen LogP contribution in [0.2, 0.25) is 0 Å². The first-order chi connectivity index (χ1) is 10.6. The second-order valence-corrected chi connectivity index (χ2v) is 5.72. The van der Waals surface area contributed by atoms with Crippen LogP contribution >= 0.6 is 0 Å². The van der Waals surface area contributed by atoms with Gasteiger partial charge in [-0.15, -0.1) is 0 Å². The Kier molecular flexibility index (Phi) is 9.08. The zero-order chi connectivity index (χ0) is 16.4. The van der Waals surface area contributed by atoms with Crippen molar-refractivity contribution in [2.75, 3.05) is 20.3 Å². The Bertz CT molecular complexity index is 358. The smallest absolute Gasteiger partial charge is 0.308 e. The lowest BCUT2D eigenvalue weighted by atomic mass is 9.93. The minimum atomic E-state index is -0.888. The number of aliphatic hydroxyl groups excluding tert-OH is 2. The standard InChI is InChI=1S/C16H29NO5/c1-3-22-15-7-5-4-6-13(17-15)9-8-12(16(20)21-2)10-14(19)11-18/h12-14,18-19H,3-11H2,1-2H3. The van der Waals surface area contributed by atoms with Crippen molar-refractivity contribution in [2.24, 2.45) is 10.9 Å². The summed E-state index contributed by atoms with van der Waals surface area (Å²) in [4.78, 5) is 16.4.